The van der Waals surface area contributed by atoms with Gasteiger partial charge in [-0.25, -0.2) is 0 Å². The Balaban J connectivity index is 1.39. The second kappa shape index (κ2) is 10.1. The van der Waals surface area contributed by atoms with Gasteiger partial charge in [0.05, 0.1) is 12.4 Å². The van der Waals surface area contributed by atoms with Gasteiger partial charge in [-0.1, -0.05) is 28.5 Å². The number of aromatic nitrogens is 6. The highest BCUT2D eigenvalue weighted by molar-refractivity contribution is 7.98. The average Bonchev–Trinajstić information content (AvgIpc) is 3.52. The first kappa shape index (κ1) is 22.1. The van der Waals surface area contributed by atoms with Crippen molar-refractivity contribution in [3.05, 3.63) is 84.0 Å². The highest BCUT2D eigenvalue weighted by Crippen LogP contribution is 2.30. The summed E-state index contributed by atoms with van der Waals surface area (Å²) in [5.74, 6) is 2.96. The molecular weight excluding hydrogens is 472 g/mol. The Morgan fingerprint density at radius 3 is 2.44 bits per heavy atom. The molecular formula is C24H19ClN6O2S. The summed E-state index contributed by atoms with van der Waals surface area (Å²) in [5.41, 5.74) is 2.65. The largest absolute Gasteiger partial charge is 0.494 e. The van der Waals surface area contributed by atoms with E-state index in [9.17, 15) is 0 Å². The molecule has 0 aliphatic heterocycles. The van der Waals surface area contributed by atoms with Gasteiger partial charge in [-0.2, -0.15) is 4.98 Å². The molecule has 34 heavy (non-hydrogen) atoms. The van der Waals surface area contributed by atoms with Gasteiger partial charge in [-0.3, -0.25) is 9.55 Å². The first-order valence-electron chi connectivity index (χ1n) is 10.5. The minimum Gasteiger partial charge on any atom is -0.494 e. The van der Waals surface area contributed by atoms with Crippen LogP contribution < -0.4 is 4.74 Å². The van der Waals surface area contributed by atoms with Crippen molar-refractivity contribution in [3.63, 3.8) is 0 Å². The Morgan fingerprint density at radius 1 is 0.941 bits per heavy atom. The zero-order valence-electron chi connectivity index (χ0n) is 18.1. The summed E-state index contributed by atoms with van der Waals surface area (Å²) in [7, 11) is 0. The van der Waals surface area contributed by atoms with Crippen LogP contribution in [0.1, 0.15) is 12.8 Å². The van der Waals surface area contributed by atoms with Crippen LogP contribution in [0, 0.1) is 0 Å². The fourth-order valence-electron chi connectivity index (χ4n) is 3.30. The number of rotatable bonds is 8. The Kier molecular flexibility index (Phi) is 6.55. The van der Waals surface area contributed by atoms with E-state index in [1.165, 1.54) is 11.8 Å². The van der Waals surface area contributed by atoms with Gasteiger partial charge in [0, 0.05) is 34.2 Å². The third-order valence-electron chi connectivity index (χ3n) is 4.87. The number of benzene rings is 2. The molecule has 0 atom stereocenters. The Morgan fingerprint density at radius 2 is 1.71 bits per heavy atom. The van der Waals surface area contributed by atoms with E-state index < -0.39 is 0 Å². The fraction of sp³-hybridized carbons (Fsp3) is 0.125. The van der Waals surface area contributed by atoms with Crippen LogP contribution >= 0.6 is 23.4 Å². The molecule has 5 rings (SSSR count). The highest BCUT2D eigenvalue weighted by Gasteiger charge is 2.18. The maximum absolute atomic E-state index is 6.10. The quantitative estimate of drug-likeness (QED) is 0.255. The molecule has 2 aromatic carbocycles. The van der Waals surface area contributed by atoms with Gasteiger partial charge in [0.2, 0.25) is 11.7 Å². The SMILES string of the molecule is CCOc1ccc(-c2noc(CSc3nnc(-c4ccncc4)n3-c3ccc(Cl)cc3)n2)cc1. The van der Waals surface area contributed by atoms with Crippen LogP contribution in [0.3, 0.4) is 0 Å². The number of thioether (sulfide) groups is 1. The van der Waals surface area contributed by atoms with E-state index >= 15 is 0 Å². The first-order valence-corrected chi connectivity index (χ1v) is 11.9. The first-order chi connectivity index (χ1) is 16.7. The monoisotopic (exact) mass is 490 g/mol. The van der Waals surface area contributed by atoms with Gasteiger partial charge < -0.3 is 9.26 Å². The second-order valence-electron chi connectivity index (χ2n) is 7.11. The molecule has 3 heterocycles. The van der Waals surface area contributed by atoms with Gasteiger partial charge >= 0.3 is 0 Å². The molecule has 0 aliphatic rings. The Labute approximate surface area is 205 Å². The summed E-state index contributed by atoms with van der Waals surface area (Å²) in [4.78, 5) is 8.62. The van der Waals surface area contributed by atoms with Gasteiger partial charge in [-0.15, -0.1) is 10.2 Å². The zero-order valence-corrected chi connectivity index (χ0v) is 19.7. The predicted molar refractivity (Wildman–Crippen MR) is 130 cm³/mol. The standard InChI is InChI=1S/C24H19ClN6O2S/c1-2-32-20-9-3-16(4-10-20)22-27-21(33-30-22)15-34-24-29-28-23(17-11-13-26-14-12-17)31(24)19-7-5-18(25)6-8-19/h3-14H,2,15H2,1H3. The lowest BCUT2D eigenvalue weighted by Crippen LogP contribution is -2.00. The van der Waals surface area contributed by atoms with Crippen LogP contribution in [0.4, 0.5) is 0 Å². The third kappa shape index (κ3) is 4.80. The van der Waals surface area contributed by atoms with E-state index in [4.69, 9.17) is 20.9 Å². The van der Waals surface area contributed by atoms with Crippen LogP contribution in [-0.4, -0.2) is 36.5 Å². The van der Waals surface area contributed by atoms with Crippen molar-refractivity contribution in [2.75, 3.05) is 6.61 Å². The molecule has 3 aromatic heterocycles. The number of hydrogen-bond donors (Lipinski definition) is 0. The molecule has 0 fully saturated rings. The topological polar surface area (TPSA) is 91.8 Å². The molecule has 0 unspecified atom stereocenters. The van der Waals surface area contributed by atoms with E-state index in [1.54, 1.807) is 12.4 Å². The third-order valence-corrected chi connectivity index (χ3v) is 6.04. The summed E-state index contributed by atoms with van der Waals surface area (Å²) < 4.78 is 12.9. The summed E-state index contributed by atoms with van der Waals surface area (Å²) in [6.07, 6.45) is 3.45. The van der Waals surface area contributed by atoms with Crippen molar-refractivity contribution in [2.24, 2.45) is 0 Å². The molecule has 0 bridgehead atoms. The minimum atomic E-state index is 0.437. The summed E-state index contributed by atoms with van der Waals surface area (Å²) in [6, 6.07) is 18.9. The summed E-state index contributed by atoms with van der Waals surface area (Å²) in [5, 5.41) is 14.3. The van der Waals surface area contributed by atoms with Crippen molar-refractivity contribution in [1.82, 2.24) is 29.9 Å². The maximum Gasteiger partial charge on any atom is 0.237 e. The van der Waals surface area contributed by atoms with Crippen LogP contribution in [0.2, 0.25) is 5.02 Å². The second-order valence-corrected chi connectivity index (χ2v) is 8.49. The van der Waals surface area contributed by atoms with E-state index in [2.05, 4.69) is 25.3 Å². The van der Waals surface area contributed by atoms with E-state index in [0.29, 0.717) is 40.1 Å². The number of nitrogens with zero attached hydrogens (tertiary/aromatic N) is 6. The van der Waals surface area contributed by atoms with Crippen molar-refractivity contribution in [3.8, 4) is 34.2 Å². The molecule has 0 N–H and O–H groups in total. The number of halogens is 1. The Hall–Kier alpha value is -3.69. The molecule has 10 heteroatoms. The number of pyridine rings is 1. The predicted octanol–water partition coefficient (Wildman–Crippen LogP) is 5.72. The van der Waals surface area contributed by atoms with Crippen LogP contribution in [0.15, 0.2) is 82.7 Å². The maximum atomic E-state index is 6.10. The van der Waals surface area contributed by atoms with Gasteiger partial charge in [0.15, 0.2) is 11.0 Å². The van der Waals surface area contributed by atoms with Crippen molar-refractivity contribution >= 4 is 23.4 Å². The molecule has 8 nitrogen and oxygen atoms in total. The molecule has 0 amide bonds. The molecule has 0 saturated carbocycles. The van der Waals surface area contributed by atoms with Gasteiger partial charge in [-0.05, 0) is 67.6 Å². The lowest BCUT2D eigenvalue weighted by Gasteiger charge is -2.10. The average molecular weight is 491 g/mol. The number of hydrogen-bond acceptors (Lipinski definition) is 8. The van der Waals surface area contributed by atoms with Gasteiger partial charge in [0.1, 0.15) is 5.75 Å². The molecule has 170 valence electrons. The van der Waals surface area contributed by atoms with E-state index in [-0.39, 0.29) is 0 Å². The van der Waals surface area contributed by atoms with Crippen LogP contribution in [0.25, 0.3) is 28.5 Å². The van der Waals surface area contributed by atoms with E-state index in [1.807, 2.05) is 72.2 Å². The fourth-order valence-corrected chi connectivity index (χ4v) is 4.21. The van der Waals surface area contributed by atoms with Gasteiger partial charge in [0.25, 0.3) is 0 Å². The lowest BCUT2D eigenvalue weighted by atomic mass is 10.2. The molecule has 0 saturated heterocycles. The smallest absolute Gasteiger partial charge is 0.237 e. The van der Waals surface area contributed by atoms with Crippen molar-refractivity contribution < 1.29 is 9.26 Å². The summed E-state index contributed by atoms with van der Waals surface area (Å²) >= 11 is 7.56. The summed E-state index contributed by atoms with van der Waals surface area (Å²) in [6.45, 7) is 2.57. The highest BCUT2D eigenvalue weighted by atomic mass is 35.5. The Bertz CT molecular complexity index is 1370. The van der Waals surface area contributed by atoms with E-state index in [0.717, 1.165) is 22.6 Å². The molecule has 0 spiro atoms. The van der Waals surface area contributed by atoms with Crippen molar-refractivity contribution in [1.29, 1.82) is 0 Å². The molecule has 0 aliphatic carbocycles. The molecule has 0 radical (unpaired) electrons. The van der Waals surface area contributed by atoms with Crippen LogP contribution in [0.5, 0.6) is 5.75 Å². The zero-order chi connectivity index (χ0) is 23.3. The normalized spacial score (nSPS) is 11.0. The number of ether oxygens (including phenoxy) is 1. The lowest BCUT2D eigenvalue weighted by molar-refractivity contribution is 0.340. The van der Waals surface area contributed by atoms with Crippen LogP contribution in [-0.2, 0) is 5.75 Å². The minimum absolute atomic E-state index is 0.437. The molecule has 5 aromatic rings. The van der Waals surface area contributed by atoms with Crippen molar-refractivity contribution in [2.45, 2.75) is 17.8 Å².